The largest absolute Gasteiger partial charge is 0.492 e. The molecule has 1 aromatic heterocycles. The fourth-order valence-electron chi connectivity index (χ4n) is 3.04. The van der Waals surface area contributed by atoms with E-state index in [0.29, 0.717) is 22.2 Å². The van der Waals surface area contributed by atoms with Crippen LogP contribution in [0.1, 0.15) is 58.3 Å². The predicted octanol–water partition coefficient (Wildman–Crippen LogP) is 3.13. The number of rotatable bonds is 6. The van der Waals surface area contributed by atoms with Gasteiger partial charge in [-0.3, -0.25) is 0 Å². The Morgan fingerprint density at radius 2 is 1.88 bits per heavy atom. The number of nitrogens with zero attached hydrogens (tertiary/aromatic N) is 2. The fourth-order valence-corrected chi connectivity index (χ4v) is 4.68. The predicted molar refractivity (Wildman–Crippen MR) is 107 cm³/mol. The second-order valence-electron chi connectivity index (χ2n) is 8.41. The minimum absolute atomic E-state index is 0.0806. The highest BCUT2D eigenvalue weighted by Crippen LogP contribution is 2.44. The van der Waals surface area contributed by atoms with Crippen LogP contribution in [0.2, 0.25) is 18.1 Å². The minimum Gasteiger partial charge on any atom is -0.423 e. The van der Waals surface area contributed by atoms with Crippen LogP contribution in [0.5, 0.6) is 0 Å². The molecule has 1 aromatic rings. The second kappa shape index (κ2) is 8.08. The zero-order valence-electron chi connectivity index (χ0n) is 16.2. The number of thioether (sulfide) groups is 1. The summed E-state index contributed by atoms with van der Waals surface area (Å²) in [6, 6.07) is 0. The van der Waals surface area contributed by atoms with Gasteiger partial charge in [0.15, 0.2) is 13.5 Å². The molecule has 0 radical (unpaired) electrons. The first-order chi connectivity index (χ1) is 11.6. The average molecular weight is 382 g/mol. The number of hydrogen-bond donors (Lipinski definition) is 2. The Labute approximate surface area is 157 Å². The summed E-state index contributed by atoms with van der Waals surface area (Å²) in [6.07, 6.45) is 7.84. The molecule has 0 bridgehead atoms. The SMILES string of the molecule is CSc1ncc(B(O)O)c(C(O[Si](C)(C)C(C)(C)C)C2CCCC2)n1. The molecule has 1 atom stereocenters. The first-order valence-corrected chi connectivity index (χ1v) is 13.1. The minimum atomic E-state index is -2.03. The van der Waals surface area contributed by atoms with Gasteiger partial charge >= 0.3 is 7.12 Å². The summed E-state index contributed by atoms with van der Waals surface area (Å²) in [7, 11) is -3.62. The third-order valence-corrected chi connectivity index (χ3v) is 10.6. The van der Waals surface area contributed by atoms with Crippen LogP contribution >= 0.6 is 11.8 Å². The van der Waals surface area contributed by atoms with Crippen molar-refractivity contribution in [3.63, 3.8) is 0 Å². The highest BCUT2D eigenvalue weighted by molar-refractivity contribution is 7.98. The van der Waals surface area contributed by atoms with Crippen molar-refractivity contribution in [1.82, 2.24) is 9.97 Å². The molecule has 1 aliphatic rings. The third-order valence-electron chi connectivity index (χ3n) is 5.61. The summed E-state index contributed by atoms with van der Waals surface area (Å²) in [6.45, 7) is 11.1. The normalized spacial score (nSPS) is 17.8. The Balaban J connectivity index is 2.49. The summed E-state index contributed by atoms with van der Waals surface area (Å²) in [4.78, 5) is 8.87. The van der Waals surface area contributed by atoms with Gasteiger partial charge in [-0.2, -0.15) is 0 Å². The van der Waals surface area contributed by atoms with Gasteiger partial charge in [-0.05, 0) is 43.1 Å². The standard InChI is InChI=1S/C17H31BN2O3SSi/c1-17(2,3)25(5,6)23-15(12-9-7-8-10-12)14-13(18(21)22)11-19-16(20-14)24-4/h11-12,15,21-22H,7-10H2,1-6H3. The molecule has 0 saturated heterocycles. The van der Waals surface area contributed by atoms with Crippen molar-refractivity contribution < 1.29 is 14.5 Å². The Bertz CT molecular complexity index is 590. The van der Waals surface area contributed by atoms with Crippen molar-refractivity contribution in [2.24, 2.45) is 5.92 Å². The van der Waals surface area contributed by atoms with Gasteiger partial charge in [0.25, 0.3) is 0 Å². The maximum atomic E-state index is 9.84. The lowest BCUT2D eigenvalue weighted by molar-refractivity contribution is 0.116. The van der Waals surface area contributed by atoms with Crippen LogP contribution in [-0.2, 0) is 4.43 Å². The van der Waals surface area contributed by atoms with Crippen molar-refractivity contribution >= 4 is 32.7 Å². The molecule has 25 heavy (non-hydrogen) atoms. The molecule has 1 saturated carbocycles. The van der Waals surface area contributed by atoms with E-state index < -0.39 is 15.4 Å². The van der Waals surface area contributed by atoms with Gasteiger partial charge in [0, 0.05) is 11.7 Å². The lowest BCUT2D eigenvalue weighted by atomic mass is 9.77. The van der Waals surface area contributed by atoms with Crippen molar-refractivity contribution in [2.45, 2.75) is 75.8 Å². The number of aromatic nitrogens is 2. The zero-order chi connectivity index (χ0) is 18.8. The van der Waals surface area contributed by atoms with Crippen LogP contribution in [0.25, 0.3) is 0 Å². The molecule has 140 valence electrons. The molecule has 2 rings (SSSR count). The lowest BCUT2D eigenvalue weighted by Crippen LogP contribution is -2.45. The molecule has 1 fully saturated rings. The second-order valence-corrected chi connectivity index (χ2v) is 13.9. The summed E-state index contributed by atoms with van der Waals surface area (Å²) in [5.41, 5.74) is 1.03. The molecule has 0 spiro atoms. The molecule has 2 N–H and O–H groups in total. The molecule has 1 unspecified atom stereocenters. The molecule has 1 aliphatic carbocycles. The smallest absolute Gasteiger partial charge is 0.423 e. The van der Waals surface area contributed by atoms with E-state index in [-0.39, 0.29) is 11.1 Å². The molecule has 0 aromatic carbocycles. The Morgan fingerprint density at radius 3 is 2.36 bits per heavy atom. The first-order valence-electron chi connectivity index (χ1n) is 9.01. The molecule has 8 heteroatoms. The molecular formula is C17H31BN2O3SSi. The van der Waals surface area contributed by atoms with Crippen molar-refractivity contribution in [1.29, 1.82) is 0 Å². The van der Waals surface area contributed by atoms with E-state index in [0.717, 1.165) is 12.8 Å². The molecule has 1 heterocycles. The zero-order valence-corrected chi connectivity index (χ0v) is 18.1. The maximum Gasteiger partial charge on any atom is 0.492 e. The van der Waals surface area contributed by atoms with Crippen LogP contribution in [0.15, 0.2) is 11.4 Å². The molecule has 5 nitrogen and oxygen atoms in total. The topological polar surface area (TPSA) is 75.5 Å². The quantitative estimate of drug-likeness (QED) is 0.447. The summed E-state index contributed by atoms with van der Waals surface area (Å²) in [5.74, 6) is 0.372. The van der Waals surface area contributed by atoms with E-state index in [9.17, 15) is 10.0 Å². The van der Waals surface area contributed by atoms with Crippen molar-refractivity contribution in [3.8, 4) is 0 Å². The van der Waals surface area contributed by atoms with Crippen LogP contribution < -0.4 is 5.46 Å². The Hall–Kier alpha value is -0.408. The van der Waals surface area contributed by atoms with Gasteiger partial charge in [0.05, 0.1) is 11.8 Å². The van der Waals surface area contributed by atoms with E-state index in [1.807, 2.05) is 6.26 Å². The van der Waals surface area contributed by atoms with Crippen LogP contribution in [0.3, 0.4) is 0 Å². The Morgan fingerprint density at radius 1 is 1.28 bits per heavy atom. The van der Waals surface area contributed by atoms with Crippen LogP contribution in [-0.4, -0.2) is 41.7 Å². The van der Waals surface area contributed by atoms with Gasteiger partial charge < -0.3 is 14.5 Å². The van der Waals surface area contributed by atoms with Crippen molar-refractivity contribution in [3.05, 3.63) is 11.9 Å². The summed E-state index contributed by atoms with van der Waals surface area (Å²) < 4.78 is 6.78. The third kappa shape index (κ3) is 4.86. The van der Waals surface area contributed by atoms with Crippen molar-refractivity contribution in [2.75, 3.05) is 6.26 Å². The van der Waals surface area contributed by atoms with Gasteiger partial charge in [-0.25, -0.2) is 9.97 Å². The lowest BCUT2D eigenvalue weighted by Gasteiger charge is -2.41. The fraction of sp³-hybridized carbons (Fsp3) is 0.765. The molecular weight excluding hydrogens is 351 g/mol. The summed E-state index contributed by atoms with van der Waals surface area (Å²) in [5, 5.41) is 20.4. The van der Waals surface area contributed by atoms with Gasteiger partial charge in [0.2, 0.25) is 0 Å². The monoisotopic (exact) mass is 382 g/mol. The average Bonchev–Trinajstić information content (AvgIpc) is 3.05. The van der Waals surface area contributed by atoms with E-state index in [1.54, 1.807) is 0 Å². The molecule has 0 amide bonds. The van der Waals surface area contributed by atoms with E-state index >= 15 is 0 Å². The van der Waals surface area contributed by atoms with E-state index in [2.05, 4.69) is 43.8 Å². The van der Waals surface area contributed by atoms with Gasteiger partial charge in [-0.15, -0.1) is 0 Å². The summed E-state index contributed by atoms with van der Waals surface area (Å²) >= 11 is 1.46. The highest BCUT2D eigenvalue weighted by Gasteiger charge is 2.43. The van der Waals surface area contributed by atoms with Gasteiger partial charge in [-0.1, -0.05) is 45.4 Å². The highest BCUT2D eigenvalue weighted by atomic mass is 32.2. The molecule has 0 aliphatic heterocycles. The maximum absolute atomic E-state index is 9.84. The van der Waals surface area contributed by atoms with E-state index in [4.69, 9.17) is 4.43 Å². The van der Waals surface area contributed by atoms with E-state index in [1.165, 1.54) is 30.8 Å². The Kier molecular flexibility index (Phi) is 6.76. The first kappa shape index (κ1) is 20.9. The number of hydrogen-bond acceptors (Lipinski definition) is 6. The van der Waals surface area contributed by atoms with Crippen LogP contribution in [0.4, 0.5) is 0 Å². The van der Waals surface area contributed by atoms with Crippen LogP contribution in [0, 0.1) is 5.92 Å². The van der Waals surface area contributed by atoms with Gasteiger partial charge in [0.1, 0.15) is 0 Å².